The number of hydrogen-bond acceptors (Lipinski definition) is 5. The molecule has 1 aromatic carbocycles. The highest BCUT2D eigenvalue weighted by molar-refractivity contribution is 7.78. The van der Waals surface area contributed by atoms with E-state index in [1.54, 1.807) is 26.2 Å². The minimum absolute atomic E-state index is 0.192. The van der Waals surface area contributed by atoms with Crippen molar-refractivity contribution in [3.8, 4) is 5.75 Å². The number of aliphatic imine (C=N–C) groups is 1. The predicted molar refractivity (Wildman–Crippen MR) is 68.5 cm³/mol. The molecule has 0 amide bonds. The van der Waals surface area contributed by atoms with E-state index in [-0.39, 0.29) is 5.69 Å². The van der Waals surface area contributed by atoms with Gasteiger partial charge >= 0.3 is 5.63 Å². The second kappa shape index (κ2) is 4.49. The van der Waals surface area contributed by atoms with Gasteiger partial charge in [0.25, 0.3) is 0 Å². The number of hydrogen-bond donors (Lipinski definition) is 0. The number of fused-ring (bicyclic) bond motifs is 1. The molecule has 0 radical (unpaired) electrons. The molecule has 2 aromatic rings. The van der Waals surface area contributed by atoms with E-state index in [4.69, 9.17) is 9.15 Å². The summed E-state index contributed by atoms with van der Waals surface area (Å²) in [6.07, 6.45) is 0. The van der Waals surface area contributed by atoms with Crippen LogP contribution in [0.5, 0.6) is 5.75 Å². The number of rotatable bonds is 2. The van der Waals surface area contributed by atoms with Crippen molar-refractivity contribution in [3.05, 3.63) is 34.2 Å². The maximum absolute atomic E-state index is 11.7. The van der Waals surface area contributed by atoms with Crippen LogP contribution in [0, 0.1) is 6.92 Å². The van der Waals surface area contributed by atoms with Crippen molar-refractivity contribution in [1.29, 1.82) is 0 Å². The van der Waals surface area contributed by atoms with Crippen LogP contribution in [0.1, 0.15) is 5.56 Å². The Balaban J connectivity index is 2.85. The van der Waals surface area contributed by atoms with Gasteiger partial charge in [-0.05, 0) is 36.8 Å². The lowest BCUT2D eigenvalue weighted by atomic mass is 10.1. The van der Waals surface area contributed by atoms with Crippen LogP contribution in [0.15, 0.2) is 32.4 Å². The Morgan fingerprint density at radius 3 is 2.88 bits per heavy atom. The standard InChI is InChI=1S/C12H9NO3S/c1-7-9-4-3-8(15-2)5-10(9)16-12(14)11(7)13-6-17/h3-5H,1-2H3. The van der Waals surface area contributed by atoms with Crippen LogP contribution >= 0.6 is 12.2 Å². The molecule has 17 heavy (non-hydrogen) atoms. The summed E-state index contributed by atoms with van der Waals surface area (Å²) < 4.78 is 10.2. The van der Waals surface area contributed by atoms with E-state index in [1.165, 1.54) is 0 Å². The molecule has 0 aliphatic carbocycles. The predicted octanol–water partition coefficient (Wildman–Crippen LogP) is 2.84. The number of benzene rings is 1. The first-order chi connectivity index (χ1) is 8.17. The third kappa shape index (κ3) is 1.98. The SMILES string of the molecule is COc1ccc2c(C)c(N=C=S)c(=O)oc2c1. The van der Waals surface area contributed by atoms with Crippen LogP contribution in [0.2, 0.25) is 0 Å². The minimum atomic E-state index is -0.527. The summed E-state index contributed by atoms with van der Waals surface area (Å²) >= 11 is 4.50. The topological polar surface area (TPSA) is 51.8 Å². The van der Waals surface area contributed by atoms with Crippen molar-refractivity contribution in [3.63, 3.8) is 0 Å². The number of isothiocyanates is 1. The van der Waals surface area contributed by atoms with Gasteiger partial charge in [-0.1, -0.05) is 0 Å². The van der Waals surface area contributed by atoms with Crippen molar-refractivity contribution in [2.45, 2.75) is 6.92 Å². The molecule has 0 atom stereocenters. The van der Waals surface area contributed by atoms with E-state index in [0.29, 0.717) is 11.3 Å². The van der Waals surface area contributed by atoms with Crippen LogP contribution < -0.4 is 10.4 Å². The number of ether oxygens (including phenoxy) is 1. The van der Waals surface area contributed by atoms with Crippen molar-refractivity contribution < 1.29 is 9.15 Å². The van der Waals surface area contributed by atoms with Gasteiger partial charge in [0.2, 0.25) is 0 Å². The summed E-state index contributed by atoms with van der Waals surface area (Å²) in [5.41, 5.74) is 0.852. The first kappa shape index (κ1) is 11.5. The maximum atomic E-state index is 11.7. The molecule has 86 valence electrons. The summed E-state index contributed by atoms with van der Waals surface area (Å²) in [4.78, 5) is 15.4. The highest BCUT2D eigenvalue weighted by Gasteiger charge is 2.10. The van der Waals surface area contributed by atoms with Gasteiger partial charge in [-0.15, -0.1) is 0 Å². The molecule has 0 spiro atoms. The lowest BCUT2D eigenvalue weighted by molar-refractivity contribution is 0.414. The van der Waals surface area contributed by atoms with Gasteiger partial charge in [0.05, 0.1) is 12.3 Å². The van der Waals surface area contributed by atoms with Crippen molar-refractivity contribution in [1.82, 2.24) is 0 Å². The monoisotopic (exact) mass is 247 g/mol. The largest absolute Gasteiger partial charge is 0.497 e. The Bertz CT molecular complexity index is 684. The fourth-order valence-corrected chi connectivity index (χ4v) is 1.72. The Morgan fingerprint density at radius 2 is 2.24 bits per heavy atom. The Hall–Kier alpha value is -1.97. The summed E-state index contributed by atoms with van der Waals surface area (Å²) in [7, 11) is 1.55. The van der Waals surface area contributed by atoms with E-state index >= 15 is 0 Å². The van der Waals surface area contributed by atoms with E-state index in [0.717, 1.165) is 10.9 Å². The van der Waals surface area contributed by atoms with Gasteiger partial charge in [0.15, 0.2) is 5.69 Å². The Labute approximate surface area is 103 Å². The molecule has 0 saturated heterocycles. The fourth-order valence-electron chi connectivity index (χ4n) is 1.63. The third-order valence-corrected chi connectivity index (χ3v) is 2.59. The molecule has 1 aromatic heterocycles. The zero-order valence-corrected chi connectivity index (χ0v) is 10.1. The van der Waals surface area contributed by atoms with Crippen LogP contribution in [0.4, 0.5) is 5.69 Å². The number of methoxy groups -OCH3 is 1. The molecule has 0 saturated carbocycles. The van der Waals surface area contributed by atoms with E-state index in [1.807, 2.05) is 6.07 Å². The lowest BCUT2D eigenvalue weighted by Crippen LogP contribution is -2.00. The summed E-state index contributed by atoms with van der Waals surface area (Å²) in [5.74, 6) is 0.631. The van der Waals surface area contributed by atoms with E-state index in [2.05, 4.69) is 22.4 Å². The van der Waals surface area contributed by atoms with Crippen LogP contribution in [-0.4, -0.2) is 12.3 Å². The van der Waals surface area contributed by atoms with Gasteiger partial charge in [0.1, 0.15) is 11.3 Å². The van der Waals surface area contributed by atoms with E-state index < -0.39 is 5.63 Å². The average Bonchev–Trinajstić information content (AvgIpc) is 2.33. The molecule has 0 fully saturated rings. The molecular formula is C12H9NO3S. The molecule has 0 unspecified atom stereocenters. The number of aryl methyl sites for hydroxylation is 1. The average molecular weight is 247 g/mol. The summed E-state index contributed by atoms with van der Waals surface area (Å²) in [5, 5.41) is 2.98. The van der Waals surface area contributed by atoms with Gasteiger partial charge in [-0.25, -0.2) is 4.79 Å². The van der Waals surface area contributed by atoms with Gasteiger partial charge in [-0.3, -0.25) is 0 Å². The van der Waals surface area contributed by atoms with Crippen LogP contribution in [0.25, 0.3) is 11.0 Å². The zero-order valence-electron chi connectivity index (χ0n) is 9.31. The van der Waals surface area contributed by atoms with Gasteiger partial charge in [-0.2, -0.15) is 4.99 Å². The molecule has 0 aliphatic rings. The maximum Gasteiger partial charge on any atom is 0.363 e. The highest BCUT2D eigenvalue weighted by Crippen LogP contribution is 2.26. The third-order valence-electron chi connectivity index (χ3n) is 2.50. The molecule has 1 heterocycles. The first-order valence-electron chi connectivity index (χ1n) is 4.86. The lowest BCUT2D eigenvalue weighted by Gasteiger charge is -2.05. The minimum Gasteiger partial charge on any atom is -0.497 e. The number of nitrogens with zero attached hydrogens (tertiary/aromatic N) is 1. The molecule has 0 aliphatic heterocycles. The molecule has 2 rings (SSSR count). The number of thiocarbonyl (C=S) groups is 1. The smallest absolute Gasteiger partial charge is 0.363 e. The van der Waals surface area contributed by atoms with Crippen molar-refractivity contribution >= 4 is 34.0 Å². The van der Waals surface area contributed by atoms with E-state index in [9.17, 15) is 4.79 Å². The molecule has 0 N–H and O–H groups in total. The van der Waals surface area contributed by atoms with Gasteiger partial charge < -0.3 is 9.15 Å². The quantitative estimate of drug-likeness (QED) is 0.465. The normalized spacial score (nSPS) is 10.0. The highest BCUT2D eigenvalue weighted by atomic mass is 32.1. The zero-order chi connectivity index (χ0) is 12.4. The molecule has 4 nitrogen and oxygen atoms in total. The van der Waals surface area contributed by atoms with Crippen molar-refractivity contribution in [2.75, 3.05) is 7.11 Å². The molecule has 0 bridgehead atoms. The first-order valence-corrected chi connectivity index (χ1v) is 5.27. The van der Waals surface area contributed by atoms with Crippen molar-refractivity contribution in [2.24, 2.45) is 4.99 Å². The molecular weight excluding hydrogens is 238 g/mol. The Morgan fingerprint density at radius 1 is 1.47 bits per heavy atom. The second-order valence-electron chi connectivity index (χ2n) is 3.43. The molecule has 5 heteroatoms. The van der Waals surface area contributed by atoms with Gasteiger partial charge in [0, 0.05) is 11.5 Å². The Kier molecular flexibility index (Phi) is 3.04. The van der Waals surface area contributed by atoms with Crippen LogP contribution in [0.3, 0.4) is 0 Å². The fraction of sp³-hybridized carbons (Fsp3) is 0.167. The summed E-state index contributed by atoms with van der Waals surface area (Å²) in [6, 6.07) is 5.27. The second-order valence-corrected chi connectivity index (χ2v) is 3.61. The van der Waals surface area contributed by atoms with Crippen LogP contribution in [-0.2, 0) is 0 Å². The summed E-state index contributed by atoms with van der Waals surface area (Å²) in [6.45, 7) is 1.79.